The molecule has 5 nitrogen and oxygen atoms in total. The SMILES string of the molecule is CNO[N+](C)(OC)OC. The summed E-state index contributed by atoms with van der Waals surface area (Å²) >= 11 is 0. The third-order valence-corrected chi connectivity index (χ3v) is 0.920. The fraction of sp³-hybridized carbons (Fsp3) is 1.00. The van der Waals surface area contributed by atoms with E-state index in [0.29, 0.717) is 0 Å². The lowest BCUT2D eigenvalue weighted by molar-refractivity contribution is -1.36. The smallest absolute Gasteiger partial charge is 0.143 e. The Kier molecular flexibility index (Phi) is 3.67. The van der Waals surface area contributed by atoms with Crippen LogP contribution in [0.1, 0.15) is 0 Å². The van der Waals surface area contributed by atoms with Gasteiger partial charge >= 0.3 is 0 Å². The van der Waals surface area contributed by atoms with Crippen LogP contribution in [0.3, 0.4) is 0 Å². The Balaban J connectivity index is 3.62. The van der Waals surface area contributed by atoms with E-state index in [1.54, 1.807) is 14.1 Å². The molecule has 0 aromatic rings. The second-order valence-corrected chi connectivity index (χ2v) is 1.43. The van der Waals surface area contributed by atoms with Crippen molar-refractivity contribution in [2.75, 3.05) is 28.3 Å². The number of quaternary nitrogens is 1. The second-order valence-electron chi connectivity index (χ2n) is 1.43. The van der Waals surface area contributed by atoms with E-state index >= 15 is 0 Å². The van der Waals surface area contributed by atoms with Crippen LogP contribution in [-0.4, -0.2) is 33.3 Å². The fourth-order valence-corrected chi connectivity index (χ4v) is 0.315. The quantitative estimate of drug-likeness (QED) is 0.423. The molecule has 0 saturated carbocycles. The van der Waals surface area contributed by atoms with Gasteiger partial charge in [0.25, 0.3) is 0 Å². The first-order valence-electron chi connectivity index (χ1n) is 2.52. The second kappa shape index (κ2) is 3.76. The van der Waals surface area contributed by atoms with Gasteiger partial charge in [-0.05, 0) is 4.94 Å². The van der Waals surface area contributed by atoms with E-state index in [0.717, 1.165) is 0 Å². The summed E-state index contributed by atoms with van der Waals surface area (Å²) in [5.41, 5.74) is 2.43. The standard InChI is InChI=1S/C4H13N2O3/c1-5-9-6(2,7-3)8-4/h5H,1-4H3/q+1. The van der Waals surface area contributed by atoms with E-state index in [9.17, 15) is 0 Å². The first-order chi connectivity index (χ1) is 4.18. The van der Waals surface area contributed by atoms with E-state index in [4.69, 9.17) is 14.6 Å². The molecule has 0 fully saturated rings. The molecule has 0 atom stereocenters. The highest BCUT2D eigenvalue weighted by Crippen LogP contribution is 1.99. The maximum absolute atomic E-state index is 4.77. The highest BCUT2D eigenvalue weighted by molar-refractivity contribution is 3.74. The molecular formula is C4H13N2O3+. The van der Waals surface area contributed by atoms with Gasteiger partial charge in [-0.15, -0.1) is 15.2 Å². The number of nitrogens with zero attached hydrogens (tertiary/aromatic N) is 1. The highest BCUT2D eigenvalue weighted by atomic mass is 17.2. The molecule has 0 heterocycles. The monoisotopic (exact) mass is 137 g/mol. The fourth-order valence-electron chi connectivity index (χ4n) is 0.315. The van der Waals surface area contributed by atoms with Crippen molar-refractivity contribution >= 4 is 0 Å². The Morgan fingerprint density at radius 2 is 1.67 bits per heavy atom. The lowest BCUT2D eigenvalue weighted by Gasteiger charge is -2.19. The van der Waals surface area contributed by atoms with E-state index < -0.39 is 0 Å². The van der Waals surface area contributed by atoms with Gasteiger partial charge in [-0.25, -0.2) is 0 Å². The largest absolute Gasteiger partial charge is 0.170 e. The summed E-state index contributed by atoms with van der Waals surface area (Å²) in [6.45, 7) is 0. The van der Waals surface area contributed by atoms with E-state index in [1.165, 1.54) is 14.2 Å². The van der Waals surface area contributed by atoms with Crippen LogP contribution in [0, 0.1) is 0 Å². The van der Waals surface area contributed by atoms with Gasteiger partial charge in [0.05, 0.1) is 0 Å². The summed E-state index contributed by atoms with van der Waals surface area (Å²) in [5, 5.41) is 0. The molecule has 0 bridgehead atoms. The zero-order chi connectivity index (χ0) is 7.33. The Labute approximate surface area is 54.5 Å². The third kappa shape index (κ3) is 2.73. The molecule has 0 spiro atoms. The van der Waals surface area contributed by atoms with Crippen LogP contribution in [0.5, 0.6) is 0 Å². The van der Waals surface area contributed by atoms with Crippen molar-refractivity contribution in [3.8, 4) is 0 Å². The Morgan fingerprint density at radius 3 is 1.78 bits per heavy atom. The minimum absolute atomic E-state index is 0.378. The number of nitrogens with one attached hydrogen (secondary N) is 1. The zero-order valence-corrected chi connectivity index (χ0v) is 6.17. The van der Waals surface area contributed by atoms with Gasteiger partial charge in [-0.2, -0.15) is 0 Å². The Bertz CT molecular complexity index is 74.2. The Morgan fingerprint density at radius 1 is 1.22 bits per heavy atom. The molecule has 5 heteroatoms. The van der Waals surface area contributed by atoms with E-state index in [-0.39, 0.29) is 4.97 Å². The van der Waals surface area contributed by atoms with Gasteiger partial charge in [0.15, 0.2) is 7.05 Å². The van der Waals surface area contributed by atoms with Crippen LogP contribution in [0.15, 0.2) is 0 Å². The average Bonchev–Trinajstić information content (AvgIpc) is 1.89. The van der Waals surface area contributed by atoms with Crippen molar-refractivity contribution in [1.82, 2.24) is 5.48 Å². The van der Waals surface area contributed by atoms with Crippen LogP contribution in [-0.2, 0) is 14.6 Å². The third-order valence-electron chi connectivity index (χ3n) is 0.920. The summed E-state index contributed by atoms with van der Waals surface area (Å²) in [5.74, 6) is 0. The van der Waals surface area contributed by atoms with Crippen molar-refractivity contribution < 1.29 is 19.6 Å². The molecule has 1 N–H and O–H groups in total. The van der Waals surface area contributed by atoms with Gasteiger partial charge < -0.3 is 0 Å². The first-order valence-corrected chi connectivity index (χ1v) is 2.52. The van der Waals surface area contributed by atoms with E-state index in [2.05, 4.69) is 5.48 Å². The minimum Gasteiger partial charge on any atom is -0.143 e. The Hall–Kier alpha value is -0.200. The summed E-state index contributed by atoms with van der Waals surface area (Å²) in [6, 6.07) is 0. The molecule has 0 aliphatic carbocycles. The molecule has 0 saturated heterocycles. The van der Waals surface area contributed by atoms with Crippen LogP contribution in [0.25, 0.3) is 0 Å². The lowest BCUT2D eigenvalue weighted by atomic mass is 11.4. The lowest BCUT2D eigenvalue weighted by Crippen LogP contribution is -2.44. The molecule has 0 radical (unpaired) electrons. The van der Waals surface area contributed by atoms with Gasteiger partial charge in [-0.3, -0.25) is 0 Å². The molecule has 9 heavy (non-hydrogen) atoms. The molecule has 0 aromatic carbocycles. The molecule has 56 valence electrons. The predicted octanol–water partition coefficient (Wildman–Crippen LogP) is -0.378. The van der Waals surface area contributed by atoms with Gasteiger partial charge in [0.1, 0.15) is 19.2 Å². The zero-order valence-electron chi connectivity index (χ0n) is 6.17. The predicted molar refractivity (Wildman–Crippen MR) is 30.3 cm³/mol. The van der Waals surface area contributed by atoms with Crippen molar-refractivity contribution in [3.05, 3.63) is 0 Å². The van der Waals surface area contributed by atoms with Crippen LogP contribution in [0.4, 0.5) is 0 Å². The minimum atomic E-state index is -0.378. The molecule has 0 unspecified atom stereocenters. The highest BCUT2D eigenvalue weighted by Gasteiger charge is 2.23. The van der Waals surface area contributed by atoms with Crippen LogP contribution >= 0.6 is 0 Å². The number of hydrogen-bond donors (Lipinski definition) is 1. The molecule has 0 aliphatic heterocycles. The van der Waals surface area contributed by atoms with Gasteiger partial charge in [-0.1, -0.05) is 0 Å². The molecule has 0 aromatic heterocycles. The maximum atomic E-state index is 4.77. The van der Waals surface area contributed by atoms with Crippen molar-refractivity contribution in [1.29, 1.82) is 0 Å². The summed E-state index contributed by atoms with van der Waals surface area (Å²) in [7, 11) is 6.16. The van der Waals surface area contributed by atoms with E-state index in [1.807, 2.05) is 0 Å². The number of rotatable bonds is 4. The van der Waals surface area contributed by atoms with Gasteiger partial charge in [0.2, 0.25) is 0 Å². The van der Waals surface area contributed by atoms with Crippen molar-refractivity contribution in [2.24, 2.45) is 0 Å². The maximum Gasteiger partial charge on any atom is 0.170 e. The number of hydroxylamine groups is 4. The first kappa shape index (κ1) is 8.80. The molecule has 0 rings (SSSR count). The summed E-state index contributed by atoms with van der Waals surface area (Å²) < 4.78 is 0. The summed E-state index contributed by atoms with van der Waals surface area (Å²) in [6.07, 6.45) is 0. The topological polar surface area (TPSA) is 39.7 Å². The van der Waals surface area contributed by atoms with Crippen LogP contribution in [0.2, 0.25) is 0 Å². The average molecular weight is 137 g/mol. The molecule has 0 amide bonds. The van der Waals surface area contributed by atoms with Gasteiger partial charge in [0, 0.05) is 7.05 Å². The normalized spacial score (nSPS) is 12.0. The molecule has 0 aliphatic rings. The van der Waals surface area contributed by atoms with Crippen molar-refractivity contribution in [3.63, 3.8) is 0 Å². The molecular weight excluding hydrogens is 124 g/mol. The number of hydrogen-bond acceptors (Lipinski definition) is 4. The van der Waals surface area contributed by atoms with Crippen molar-refractivity contribution in [2.45, 2.75) is 0 Å². The summed E-state index contributed by atoms with van der Waals surface area (Å²) in [4.78, 5) is 13.9. The van der Waals surface area contributed by atoms with Crippen LogP contribution < -0.4 is 5.48 Å².